The average molecular weight is 379 g/mol. The summed E-state index contributed by atoms with van der Waals surface area (Å²) in [5, 5.41) is 9.47. The van der Waals surface area contributed by atoms with E-state index in [9.17, 15) is 9.59 Å². The molecule has 28 heavy (non-hydrogen) atoms. The second-order valence-corrected chi connectivity index (χ2v) is 6.29. The molecule has 0 aliphatic heterocycles. The number of methoxy groups -OCH3 is 1. The summed E-state index contributed by atoms with van der Waals surface area (Å²) >= 11 is 0. The van der Waals surface area contributed by atoms with Gasteiger partial charge in [-0.05, 0) is 62.4 Å². The van der Waals surface area contributed by atoms with Gasteiger partial charge in [-0.15, -0.1) is 0 Å². The van der Waals surface area contributed by atoms with Gasteiger partial charge in [-0.2, -0.15) is 0 Å². The summed E-state index contributed by atoms with van der Waals surface area (Å²) in [4.78, 5) is 24.6. The van der Waals surface area contributed by atoms with Gasteiger partial charge < -0.3 is 19.9 Å². The number of carbonyl (C=O) groups is 2. The minimum atomic E-state index is -0.237. The molecule has 2 N–H and O–H groups in total. The van der Waals surface area contributed by atoms with Crippen LogP contribution in [0.1, 0.15) is 27.4 Å². The number of rotatable bonds is 6. The van der Waals surface area contributed by atoms with Crippen molar-refractivity contribution in [2.45, 2.75) is 20.3 Å². The van der Waals surface area contributed by atoms with E-state index in [4.69, 9.17) is 9.26 Å². The molecule has 2 amide bonds. The number of carbonyl (C=O) groups excluding carboxylic acids is 2. The summed E-state index contributed by atoms with van der Waals surface area (Å²) in [7, 11) is 1.59. The number of nitrogens with zero attached hydrogens (tertiary/aromatic N) is 1. The first-order valence-corrected chi connectivity index (χ1v) is 8.73. The van der Waals surface area contributed by atoms with Crippen molar-refractivity contribution in [2.75, 3.05) is 17.7 Å². The lowest BCUT2D eigenvalue weighted by Gasteiger charge is -2.08. The molecule has 0 fully saturated rings. The van der Waals surface area contributed by atoms with Crippen LogP contribution in [0.5, 0.6) is 5.75 Å². The first kappa shape index (κ1) is 19.2. The van der Waals surface area contributed by atoms with Gasteiger partial charge in [0.2, 0.25) is 5.91 Å². The SMILES string of the molecule is COc1ccc(NC(=O)c2ccc(NC(=O)Cc3c(C)noc3C)cc2)cc1. The molecule has 0 bridgehead atoms. The van der Waals surface area contributed by atoms with Crippen molar-refractivity contribution in [3.63, 3.8) is 0 Å². The maximum absolute atomic E-state index is 12.3. The monoisotopic (exact) mass is 379 g/mol. The van der Waals surface area contributed by atoms with E-state index in [1.54, 1.807) is 69.5 Å². The number of nitrogens with one attached hydrogen (secondary N) is 2. The predicted molar refractivity (Wildman–Crippen MR) is 106 cm³/mol. The third-order valence-corrected chi connectivity index (χ3v) is 4.30. The largest absolute Gasteiger partial charge is 0.497 e. The second kappa shape index (κ2) is 8.39. The molecular formula is C21H21N3O4. The number of aromatic nitrogens is 1. The van der Waals surface area contributed by atoms with Crippen LogP contribution in [0.25, 0.3) is 0 Å². The highest BCUT2D eigenvalue weighted by Gasteiger charge is 2.14. The highest BCUT2D eigenvalue weighted by atomic mass is 16.5. The van der Waals surface area contributed by atoms with Crippen LogP contribution in [0.2, 0.25) is 0 Å². The molecule has 0 spiro atoms. The molecule has 144 valence electrons. The highest BCUT2D eigenvalue weighted by Crippen LogP contribution is 2.18. The topological polar surface area (TPSA) is 93.5 Å². The maximum Gasteiger partial charge on any atom is 0.255 e. The van der Waals surface area contributed by atoms with Gasteiger partial charge in [-0.1, -0.05) is 5.16 Å². The first-order chi connectivity index (χ1) is 13.5. The van der Waals surface area contributed by atoms with Gasteiger partial charge in [-0.3, -0.25) is 9.59 Å². The Kier molecular flexibility index (Phi) is 5.74. The highest BCUT2D eigenvalue weighted by molar-refractivity contribution is 6.04. The van der Waals surface area contributed by atoms with Gasteiger partial charge in [0.25, 0.3) is 5.91 Å². The smallest absolute Gasteiger partial charge is 0.255 e. The second-order valence-electron chi connectivity index (χ2n) is 6.29. The quantitative estimate of drug-likeness (QED) is 0.681. The van der Waals surface area contributed by atoms with E-state index in [-0.39, 0.29) is 18.2 Å². The number of aryl methyl sites for hydroxylation is 2. The summed E-state index contributed by atoms with van der Waals surface area (Å²) < 4.78 is 10.2. The molecule has 0 aliphatic rings. The predicted octanol–water partition coefficient (Wildman–Crippen LogP) is 3.73. The Morgan fingerprint density at radius 3 is 2.14 bits per heavy atom. The van der Waals surface area contributed by atoms with Gasteiger partial charge in [-0.25, -0.2) is 0 Å². The van der Waals surface area contributed by atoms with Crippen LogP contribution in [0.4, 0.5) is 11.4 Å². The van der Waals surface area contributed by atoms with E-state index >= 15 is 0 Å². The Balaban J connectivity index is 1.59. The molecule has 0 radical (unpaired) electrons. The molecule has 0 saturated carbocycles. The molecule has 3 rings (SSSR count). The van der Waals surface area contributed by atoms with E-state index in [1.807, 2.05) is 0 Å². The van der Waals surface area contributed by atoms with Crippen molar-refractivity contribution in [1.82, 2.24) is 5.16 Å². The maximum atomic E-state index is 12.3. The first-order valence-electron chi connectivity index (χ1n) is 8.73. The number of benzene rings is 2. The number of amides is 2. The minimum Gasteiger partial charge on any atom is -0.497 e. The Labute approximate surface area is 162 Å². The van der Waals surface area contributed by atoms with Gasteiger partial charge in [0.1, 0.15) is 11.5 Å². The van der Waals surface area contributed by atoms with Crippen molar-refractivity contribution < 1.29 is 18.8 Å². The number of anilines is 2. The summed E-state index contributed by atoms with van der Waals surface area (Å²) in [6, 6.07) is 13.8. The Morgan fingerprint density at radius 2 is 1.57 bits per heavy atom. The molecule has 2 aromatic carbocycles. The Morgan fingerprint density at radius 1 is 0.964 bits per heavy atom. The minimum absolute atomic E-state index is 0.176. The van der Waals surface area contributed by atoms with E-state index in [0.717, 1.165) is 11.3 Å². The zero-order valence-corrected chi connectivity index (χ0v) is 15.9. The number of hydrogen-bond donors (Lipinski definition) is 2. The lowest BCUT2D eigenvalue weighted by molar-refractivity contribution is -0.115. The summed E-state index contributed by atoms with van der Waals surface area (Å²) in [6.07, 6.45) is 0.181. The molecule has 3 aromatic rings. The Bertz CT molecular complexity index is 956. The summed E-state index contributed by atoms with van der Waals surface area (Å²) in [5.74, 6) is 0.941. The summed E-state index contributed by atoms with van der Waals surface area (Å²) in [5.41, 5.74) is 3.26. The molecule has 0 unspecified atom stereocenters. The Hall–Kier alpha value is -3.61. The van der Waals surface area contributed by atoms with Crippen molar-refractivity contribution in [3.8, 4) is 5.75 Å². The molecule has 1 heterocycles. The number of ether oxygens (including phenoxy) is 1. The fourth-order valence-corrected chi connectivity index (χ4v) is 2.70. The molecule has 0 aliphatic carbocycles. The zero-order valence-electron chi connectivity index (χ0n) is 15.9. The van der Waals surface area contributed by atoms with Crippen molar-refractivity contribution in [3.05, 3.63) is 71.1 Å². The molecule has 7 heteroatoms. The van der Waals surface area contributed by atoms with Crippen LogP contribution >= 0.6 is 0 Å². The van der Waals surface area contributed by atoms with Crippen molar-refractivity contribution in [2.24, 2.45) is 0 Å². The average Bonchev–Trinajstić information content (AvgIpc) is 3.01. The normalized spacial score (nSPS) is 10.4. The van der Waals surface area contributed by atoms with E-state index in [0.29, 0.717) is 28.4 Å². The fraction of sp³-hybridized carbons (Fsp3) is 0.190. The third kappa shape index (κ3) is 4.56. The number of hydrogen-bond acceptors (Lipinski definition) is 5. The standard InChI is InChI=1S/C21H21N3O4/c1-13-19(14(2)28-24-13)12-20(25)22-16-6-4-15(5-7-16)21(26)23-17-8-10-18(27-3)11-9-17/h4-11H,12H2,1-3H3,(H,22,25)(H,23,26). The van der Waals surface area contributed by atoms with E-state index in [2.05, 4.69) is 15.8 Å². The van der Waals surface area contributed by atoms with E-state index < -0.39 is 0 Å². The lowest BCUT2D eigenvalue weighted by atomic mass is 10.1. The van der Waals surface area contributed by atoms with Gasteiger partial charge >= 0.3 is 0 Å². The van der Waals surface area contributed by atoms with Crippen LogP contribution in [-0.4, -0.2) is 24.1 Å². The summed E-state index contributed by atoms with van der Waals surface area (Å²) in [6.45, 7) is 3.58. The van der Waals surface area contributed by atoms with Crippen LogP contribution in [0, 0.1) is 13.8 Å². The van der Waals surface area contributed by atoms with Gasteiger partial charge in [0.05, 0.1) is 19.2 Å². The van der Waals surface area contributed by atoms with Gasteiger partial charge in [0, 0.05) is 22.5 Å². The van der Waals surface area contributed by atoms with Crippen LogP contribution in [-0.2, 0) is 11.2 Å². The van der Waals surface area contributed by atoms with E-state index in [1.165, 1.54) is 0 Å². The molecule has 0 saturated heterocycles. The van der Waals surface area contributed by atoms with Crippen molar-refractivity contribution in [1.29, 1.82) is 0 Å². The van der Waals surface area contributed by atoms with Crippen LogP contribution in [0.3, 0.4) is 0 Å². The third-order valence-electron chi connectivity index (χ3n) is 4.30. The molecular weight excluding hydrogens is 358 g/mol. The molecule has 1 aromatic heterocycles. The van der Waals surface area contributed by atoms with Crippen molar-refractivity contribution >= 4 is 23.2 Å². The lowest BCUT2D eigenvalue weighted by Crippen LogP contribution is -2.16. The zero-order chi connectivity index (χ0) is 20.1. The fourth-order valence-electron chi connectivity index (χ4n) is 2.70. The van der Waals surface area contributed by atoms with Crippen LogP contribution < -0.4 is 15.4 Å². The van der Waals surface area contributed by atoms with Gasteiger partial charge in [0.15, 0.2) is 0 Å². The molecule has 7 nitrogen and oxygen atoms in total. The van der Waals surface area contributed by atoms with Crippen LogP contribution in [0.15, 0.2) is 53.1 Å². The molecule has 0 atom stereocenters.